The second-order valence-corrected chi connectivity index (χ2v) is 6.68. The molecule has 1 saturated heterocycles. The predicted molar refractivity (Wildman–Crippen MR) is 81.2 cm³/mol. The number of rotatable bonds is 1. The number of nitrogen functional groups attached to an aromatic ring is 1. The molecule has 1 aromatic rings. The number of piperidine rings is 1. The van der Waals surface area contributed by atoms with E-state index in [1.165, 1.54) is 48.0 Å². The molecule has 0 aromatic heterocycles. The molecule has 3 rings (SSSR count). The van der Waals surface area contributed by atoms with Crippen LogP contribution in [-0.4, -0.2) is 13.1 Å². The number of anilines is 2. The monoisotopic (exact) mass is 342 g/mol. The predicted octanol–water partition coefficient (Wildman–Crippen LogP) is 3.50. The van der Waals surface area contributed by atoms with E-state index in [9.17, 15) is 0 Å². The van der Waals surface area contributed by atoms with Gasteiger partial charge < -0.3 is 10.6 Å². The third kappa shape index (κ3) is 2.39. The van der Waals surface area contributed by atoms with Crippen LogP contribution in [0.3, 0.4) is 0 Å². The molecule has 2 aliphatic rings. The smallest absolute Gasteiger partial charge is 0.0503 e. The number of hydrogen-bond donors (Lipinski definition) is 1. The first-order valence-electron chi connectivity index (χ1n) is 6.52. The van der Waals surface area contributed by atoms with Gasteiger partial charge in [-0.2, -0.15) is 0 Å². The van der Waals surface area contributed by atoms with Gasteiger partial charge in [-0.3, -0.25) is 0 Å². The van der Waals surface area contributed by atoms with Gasteiger partial charge in [-0.15, -0.1) is 0 Å². The van der Waals surface area contributed by atoms with Crippen LogP contribution in [0.15, 0.2) is 18.2 Å². The summed E-state index contributed by atoms with van der Waals surface area (Å²) >= 11 is 2.41. The minimum absolute atomic E-state index is 0.871. The fourth-order valence-electron chi connectivity index (χ4n) is 3.41. The summed E-state index contributed by atoms with van der Waals surface area (Å²) in [4.78, 5) is 2.58. The quantitative estimate of drug-likeness (QED) is 0.625. The van der Waals surface area contributed by atoms with Gasteiger partial charge in [0.05, 0.1) is 5.69 Å². The molecule has 1 saturated carbocycles. The summed E-state index contributed by atoms with van der Waals surface area (Å²) in [5, 5.41) is 0. The van der Waals surface area contributed by atoms with Crippen LogP contribution in [0.1, 0.15) is 25.7 Å². The SMILES string of the molecule is Nc1ccc(N2CC3CCCC(C3)C2)c(I)c1. The first-order chi connectivity index (χ1) is 8.22. The van der Waals surface area contributed by atoms with Crippen molar-refractivity contribution < 1.29 is 0 Å². The molecule has 1 aliphatic heterocycles. The van der Waals surface area contributed by atoms with Crippen molar-refractivity contribution in [1.82, 2.24) is 0 Å². The van der Waals surface area contributed by atoms with Crippen molar-refractivity contribution in [2.24, 2.45) is 11.8 Å². The Bertz CT molecular complexity index is 407. The second kappa shape index (κ2) is 4.67. The van der Waals surface area contributed by atoms with E-state index in [0.29, 0.717) is 0 Å². The van der Waals surface area contributed by atoms with E-state index in [0.717, 1.165) is 17.5 Å². The third-order valence-corrected chi connectivity index (χ3v) is 5.03. The number of nitrogens with zero attached hydrogens (tertiary/aromatic N) is 1. The van der Waals surface area contributed by atoms with E-state index in [4.69, 9.17) is 5.73 Å². The number of hydrogen-bond acceptors (Lipinski definition) is 2. The maximum absolute atomic E-state index is 5.83. The Balaban J connectivity index is 1.84. The van der Waals surface area contributed by atoms with Crippen molar-refractivity contribution in [3.05, 3.63) is 21.8 Å². The maximum atomic E-state index is 5.83. The summed E-state index contributed by atoms with van der Waals surface area (Å²) in [7, 11) is 0. The van der Waals surface area contributed by atoms with Crippen LogP contribution < -0.4 is 10.6 Å². The molecule has 0 radical (unpaired) electrons. The molecule has 2 atom stereocenters. The van der Waals surface area contributed by atoms with Crippen LogP contribution in [0.2, 0.25) is 0 Å². The Morgan fingerprint density at radius 1 is 1.18 bits per heavy atom. The Labute approximate surface area is 117 Å². The van der Waals surface area contributed by atoms with Gasteiger partial charge in [0.15, 0.2) is 0 Å². The number of nitrogens with two attached hydrogens (primary N) is 1. The van der Waals surface area contributed by atoms with Gasteiger partial charge in [0.25, 0.3) is 0 Å². The summed E-state index contributed by atoms with van der Waals surface area (Å²) in [6, 6.07) is 6.31. The van der Waals surface area contributed by atoms with Crippen LogP contribution in [0, 0.1) is 15.4 Å². The lowest BCUT2D eigenvalue weighted by atomic mass is 9.78. The van der Waals surface area contributed by atoms with Crippen LogP contribution in [0.5, 0.6) is 0 Å². The highest BCUT2D eigenvalue weighted by atomic mass is 127. The van der Waals surface area contributed by atoms with Crippen molar-refractivity contribution in [2.45, 2.75) is 25.7 Å². The van der Waals surface area contributed by atoms with Gasteiger partial charge in [-0.1, -0.05) is 6.42 Å². The van der Waals surface area contributed by atoms with Crippen LogP contribution in [0.25, 0.3) is 0 Å². The van der Waals surface area contributed by atoms with Gasteiger partial charge >= 0.3 is 0 Å². The van der Waals surface area contributed by atoms with E-state index in [1.54, 1.807) is 0 Å². The summed E-state index contributed by atoms with van der Waals surface area (Å²) in [5.74, 6) is 1.85. The Kier molecular flexibility index (Phi) is 3.19. The fourth-order valence-corrected chi connectivity index (χ4v) is 4.29. The molecular weight excluding hydrogens is 323 g/mol. The first-order valence-corrected chi connectivity index (χ1v) is 7.60. The molecule has 92 valence electrons. The molecule has 0 spiro atoms. The molecule has 1 heterocycles. The lowest BCUT2D eigenvalue weighted by Gasteiger charge is -2.42. The number of benzene rings is 1. The topological polar surface area (TPSA) is 29.3 Å². The Morgan fingerprint density at radius 2 is 1.88 bits per heavy atom. The molecule has 0 amide bonds. The molecule has 2 N–H and O–H groups in total. The standard InChI is InChI=1S/C14H19IN2/c15-13-7-12(16)4-5-14(13)17-8-10-2-1-3-11(6-10)9-17/h4-5,7,10-11H,1-3,6,8-9,16H2. The Morgan fingerprint density at radius 3 is 2.53 bits per heavy atom. The first kappa shape index (κ1) is 11.6. The van der Waals surface area contributed by atoms with Crippen LogP contribution in [-0.2, 0) is 0 Å². The average molecular weight is 342 g/mol. The molecule has 17 heavy (non-hydrogen) atoms. The van der Waals surface area contributed by atoms with Gasteiger partial charge in [0.1, 0.15) is 0 Å². The Hall–Kier alpha value is -0.450. The van der Waals surface area contributed by atoms with E-state index >= 15 is 0 Å². The van der Waals surface area contributed by atoms with E-state index in [-0.39, 0.29) is 0 Å². The van der Waals surface area contributed by atoms with E-state index in [1.807, 2.05) is 6.07 Å². The highest BCUT2D eigenvalue weighted by molar-refractivity contribution is 14.1. The lowest BCUT2D eigenvalue weighted by Crippen LogP contribution is -2.43. The van der Waals surface area contributed by atoms with Crippen molar-refractivity contribution in [2.75, 3.05) is 23.7 Å². The molecule has 1 aromatic carbocycles. The maximum Gasteiger partial charge on any atom is 0.0503 e. The summed E-state index contributed by atoms with van der Waals surface area (Å²) in [5.41, 5.74) is 8.08. The average Bonchev–Trinajstić information content (AvgIpc) is 2.28. The minimum atomic E-state index is 0.871. The zero-order valence-electron chi connectivity index (χ0n) is 10.0. The molecule has 2 bridgehead atoms. The minimum Gasteiger partial charge on any atom is -0.399 e. The molecule has 2 unspecified atom stereocenters. The third-order valence-electron chi connectivity index (χ3n) is 4.16. The highest BCUT2D eigenvalue weighted by Gasteiger charge is 2.30. The number of fused-ring (bicyclic) bond motifs is 2. The molecule has 2 nitrogen and oxygen atoms in total. The van der Waals surface area contributed by atoms with Crippen LogP contribution >= 0.6 is 22.6 Å². The molecule has 2 fully saturated rings. The molecule has 3 heteroatoms. The van der Waals surface area contributed by atoms with Gasteiger partial charge in [-0.25, -0.2) is 0 Å². The van der Waals surface area contributed by atoms with Gasteiger partial charge in [0, 0.05) is 22.3 Å². The van der Waals surface area contributed by atoms with Gasteiger partial charge in [0.2, 0.25) is 0 Å². The van der Waals surface area contributed by atoms with Crippen molar-refractivity contribution >= 4 is 34.0 Å². The van der Waals surface area contributed by atoms with E-state index in [2.05, 4.69) is 39.6 Å². The van der Waals surface area contributed by atoms with Crippen molar-refractivity contribution in [3.63, 3.8) is 0 Å². The fraction of sp³-hybridized carbons (Fsp3) is 0.571. The zero-order chi connectivity index (χ0) is 11.8. The van der Waals surface area contributed by atoms with Crippen LogP contribution in [0.4, 0.5) is 11.4 Å². The van der Waals surface area contributed by atoms with Crippen molar-refractivity contribution in [3.8, 4) is 0 Å². The zero-order valence-corrected chi connectivity index (χ0v) is 12.2. The summed E-state index contributed by atoms with van der Waals surface area (Å²) in [6.45, 7) is 2.49. The largest absolute Gasteiger partial charge is 0.399 e. The number of halogens is 1. The van der Waals surface area contributed by atoms with Gasteiger partial charge in [-0.05, 0) is 71.9 Å². The summed E-state index contributed by atoms with van der Waals surface area (Å²) in [6.07, 6.45) is 5.77. The highest BCUT2D eigenvalue weighted by Crippen LogP contribution is 2.37. The normalized spacial score (nSPS) is 28.2. The molecule has 1 aliphatic carbocycles. The lowest BCUT2D eigenvalue weighted by molar-refractivity contribution is 0.231. The van der Waals surface area contributed by atoms with E-state index < -0.39 is 0 Å². The molecular formula is C14H19IN2. The van der Waals surface area contributed by atoms with Crippen molar-refractivity contribution in [1.29, 1.82) is 0 Å². The second-order valence-electron chi connectivity index (χ2n) is 5.51. The summed E-state index contributed by atoms with van der Waals surface area (Å²) < 4.78 is 1.29.